The standard InChI is InChI=1S/C15H21N3O4S/c1-14(2,3)22-13(21)18-15(7-5-8-15)11(19)17-12(20)16-10-6-4-9-23-10/h4,6,9H,5,7-8H2,1-3H3,(H,18,21)(H2,16,17,19,20). The van der Waals surface area contributed by atoms with E-state index in [1.165, 1.54) is 11.3 Å². The Bertz CT molecular complexity index is 588. The number of thiophene rings is 1. The van der Waals surface area contributed by atoms with Crippen LogP contribution in [0.2, 0.25) is 0 Å². The Hall–Kier alpha value is -2.09. The second-order valence-corrected chi connectivity index (χ2v) is 7.40. The van der Waals surface area contributed by atoms with Gasteiger partial charge in [-0.1, -0.05) is 0 Å². The number of carbonyl (C=O) groups excluding carboxylic acids is 3. The van der Waals surface area contributed by atoms with Gasteiger partial charge in [0.1, 0.15) is 11.1 Å². The molecule has 1 aromatic heterocycles. The average Bonchev–Trinajstić information content (AvgIpc) is 2.83. The highest BCUT2D eigenvalue weighted by Gasteiger charge is 2.46. The van der Waals surface area contributed by atoms with Gasteiger partial charge in [-0.25, -0.2) is 9.59 Å². The van der Waals surface area contributed by atoms with Crippen molar-refractivity contribution in [2.75, 3.05) is 5.32 Å². The van der Waals surface area contributed by atoms with Crippen LogP contribution in [-0.4, -0.2) is 29.2 Å². The van der Waals surface area contributed by atoms with Gasteiger partial charge in [-0.05, 0) is 57.5 Å². The molecule has 7 nitrogen and oxygen atoms in total. The van der Waals surface area contributed by atoms with Gasteiger partial charge in [-0.15, -0.1) is 11.3 Å². The molecule has 1 heterocycles. The third kappa shape index (κ3) is 4.69. The minimum Gasteiger partial charge on any atom is -0.444 e. The summed E-state index contributed by atoms with van der Waals surface area (Å²) in [6.45, 7) is 5.23. The van der Waals surface area contributed by atoms with Gasteiger partial charge >= 0.3 is 12.1 Å². The Morgan fingerprint density at radius 1 is 1.26 bits per heavy atom. The van der Waals surface area contributed by atoms with Crippen LogP contribution in [-0.2, 0) is 9.53 Å². The molecule has 0 atom stereocenters. The minimum atomic E-state index is -1.07. The number of nitrogens with one attached hydrogen (secondary N) is 3. The van der Waals surface area contributed by atoms with Gasteiger partial charge in [0.05, 0.1) is 5.00 Å². The molecule has 1 aliphatic carbocycles. The summed E-state index contributed by atoms with van der Waals surface area (Å²) in [7, 11) is 0. The molecule has 3 N–H and O–H groups in total. The number of anilines is 1. The number of rotatable bonds is 3. The lowest BCUT2D eigenvalue weighted by molar-refractivity contribution is -0.129. The molecule has 2 rings (SSSR count). The third-order valence-corrected chi connectivity index (χ3v) is 4.15. The molecule has 1 saturated carbocycles. The van der Waals surface area contributed by atoms with Crippen molar-refractivity contribution in [3.63, 3.8) is 0 Å². The van der Waals surface area contributed by atoms with E-state index in [9.17, 15) is 14.4 Å². The van der Waals surface area contributed by atoms with Gasteiger partial charge in [0.25, 0.3) is 5.91 Å². The van der Waals surface area contributed by atoms with E-state index in [1.807, 2.05) is 5.38 Å². The number of ether oxygens (including phenoxy) is 1. The summed E-state index contributed by atoms with van der Waals surface area (Å²) in [5, 5.41) is 9.90. The van der Waals surface area contributed by atoms with Crippen LogP contribution < -0.4 is 16.0 Å². The molecule has 0 aromatic carbocycles. The lowest BCUT2D eigenvalue weighted by Gasteiger charge is -2.40. The summed E-state index contributed by atoms with van der Waals surface area (Å²) < 4.78 is 5.18. The number of imide groups is 1. The van der Waals surface area contributed by atoms with Gasteiger partial charge < -0.3 is 10.1 Å². The fraction of sp³-hybridized carbons (Fsp3) is 0.533. The highest BCUT2D eigenvalue weighted by Crippen LogP contribution is 2.32. The number of alkyl carbamates (subject to hydrolysis) is 1. The lowest BCUT2D eigenvalue weighted by Crippen LogP contribution is -2.64. The molecular formula is C15H21N3O4S. The van der Waals surface area contributed by atoms with Crippen molar-refractivity contribution >= 4 is 34.4 Å². The molecule has 4 amide bonds. The number of urea groups is 1. The highest BCUT2D eigenvalue weighted by molar-refractivity contribution is 7.14. The van der Waals surface area contributed by atoms with E-state index in [-0.39, 0.29) is 0 Å². The maximum Gasteiger partial charge on any atom is 0.408 e. The van der Waals surface area contributed by atoms with Crippen LogP contribution >= 0.6 is 11.3 Å². The smallest absolute Gasteiger partial charge is 0.408 e. The topological polar surface area (TPSA) is 96.5 Å². The van der Waals surface area contributed by atoms with Crippen molar-refractivity contribution < 1.29 is 19.1 Å². The molecule has 1 aliphatic rings. The molecule has 0 unspecified atom stereocenters. The first-order chi connectivity index (χ1) is 10.7. The Morgan fingerprint density at radius 3 is 2.43 bits per heavy atom. The van der Waals surface area contributed by atoms with Crippen LogP contribution in [0.15, 0.2) is 17.5 Å². The lowest BCUT2D eigenvalue weighted by atomic mass is 9.76. The quantitative estimate of drug-likeness (QED) is 0.789. The molecule has 0 radical (unpaired) electrons. The second-order valence-electron chi connectivity index (χ2n) is 6.45. The fourth-order valence-electron chi connectivity index (χ4n) is 2.15. The molecule has 8 heteroatoms. The summed E-state index contributed by atoms with van der Waals surface area (Å²) in [6, 6.07) is 2.90. The van der Waals surface area contributed by atoms with E-state index in [2.05, 4.69) is 16.0 Å². The highest BCUT2D eigenvalue weighted by atomic mass is 32.1. The Labute approximate surface area is 138 Å². The molecule has 0 aliphatic heterocycles. The molecule has 23 heavy (non-hydrogen) atoms. The molecule has 0 bridgehead atoms. The van der Waals surface area contributed by atoms with E-state index in [0.717, 1.165) is 6.42 Å². The van der Waals surface area contributed by atoms with Crippen molar-refractivity contribution in [2.45, 2.75) is 51.2 Å². The third-order valence-electron chi connectivity index (χ3n) is 3.37. The summed E-state index contributed by atoms with van der Waals surface area (Å²) in [5.41, 5.74) is -1.73. The van der Waals surface area contributed by atoms with E-state index < -0.39 is 29.2 Å². The predicted octanol–water partition coefficient (Wildman–Crippen LogP) is 2.84. The van der Waals surface area contributed by atoms with Crippen LogP contribution in [0.3, 0.4) is 0 Å². The summed E-state index contributed by atoms with van der Waals surface area (Å²) in [6.07, 6.45) is 1.09. The van der Waals surface area contributed by atoms with Crippen LogP contribution in [0.5, 0.6) is 0 Å². The molecule has 1 fully saturated rings. The normalized spacial score (nSPS) is 16.0. The second kappa shape index (κ2) is 6.57. The van der Waals surface area contributed by atoms with Crippen LogP contribution in [0.4, 0.5) is 14.6 Å². The van der Waals surface area contributed by atoms with E-state index in [4.69, 9.17) is 4.74 Å². The summed E-state index contributed by atoms with van der Waals surface area (Å²) >= 11 is 1.35. The molecule has 0 spiro atoms. The first-order valence-corrected chi connectivity index (χ1v) is 8.25. The zero-order valence-electron chi connectivity index (χ0n) is 13.4. The summed E-state index contributed by atoms with van der Waals surface area (Å²) in [5.74, 6) is -0.524. The average molecular weight is 339 g/mol. The number of hydrogen-bond donors (Lipinski definition) is 3. The van der Waals surface area contributed by atoms with Crippen LogP contribution in [0, 0.1) is 0 Å². The van der Waals surface area contributed by atoms with Gasteiger partial charge in [-0.2, -0.15) is 0 Å². The largest absolute Gasteiger partial charge is 0.444 e. The Balaban J connectivity index is 1.92. The number of carbonyl (C=O) groups is 3. The van der Waals surface area contributed by atoms with E-state index in [0.29, 0.717) is 17.8 Å². The van der Waals surface area contributed by atoms with Crippen LogP contribution in [0.25, 0.3) is 0 Å². The monoisotopic (exact) mass is 339 g/mol. The van der Waals surface area contributed by atoms with Crippen LogP contribution in [0.1, 0.15) is 40.0 Å². The number of amides is 4. The molecule has 126 valence electrons. The predicted molar refractivity (Wildman–Crippen MR) is 87.4 cm³/mol. The van der Waals surface area contributed by atoms with Gasteiger partial charge in [0, 0.05) is 0 Å². The van der Waals surface area contributed by atoms with E-state index in [1.54, 1.807) is 32.9 Å². The van der Waals surface area contributed by atoms with Gasteiger partial charge in [0.15, 0.2) is 0 Å². The number of hydrogen-bond acceptors (Lipinski definition) is 5. The van der Waals surface area contributed by atoms with Crippen molar-refractivity contribution in [1.29, 1.82) is 0 Å². The Kier molecular flexibility index (Phi) is 4.93. The molecular weight excluding hydrogens is 318 g/mol. The zero-order chi connectivity index (χ0) is 17.1. The first kappa shape index (κ1) is 17.3. The maximum atomic E-state index is 12.3. The van der Waals surface area contributed by atoms with Crippen molar-refractivity contribution in [2.24, 2.45) is 0 Å². The SMILES string of the molecule is CC(C)(C)OC(=O)NC1(C(=O)NC(=O)Nc2cccs2)CCC1. The van der Waals surface area contributed by atoms with Gasteiger partial charge in [-0.3, -0.25) is 15.4 Å². The molecule has 0 saturated heterocycles. The maximum absolute atomic E-state index is 12.3. The van der Waals surface area contributed by atoms with Gasteiger partial charge in [0.2, 0.25) is 0 Å². The fourth-order valence-corrected chi connectivity index (χ4v) is 2.77. The molecule has 1 aromatic rings. The first-order valence-electron chi connectivity index (χ1n) is 7.37. The van der Waals surface area contributed by atoms with E-state index >= 15 is 0 Å². The van der Waals surface area contributed by atoms with Crippen molar-refractivity contribution in [3.8, 4) is 0 Å². The Morgan fingerprint density at radius 2 is 1.96 bits per heavy atom. The minimum absolute atomic E-state index is 0.477. The van der Waals surface area contributed by atoms with Crippen molar-refractivity contribution in [1.82, 2.24) is 10.6 Å². The summed E-state index contributed by atoms with van der Waals surface area (Å²) in [4.78, 5) is 36.1. The van der Waals surface area contributed by atoms with Crippen molar-refractivity contribution in [3.05, 3.63) is 17.5 Å². The zero-order valence-corrected chi connectivity index (χ0v) is 14.2.